The summed E-state index contributed by atoms with van der Waals surface area (Å²) < 4.78 is 85.9. The van der Waals surface area contributed by atoms with Gasteiger partial charge >= 0.3 is 18.3 Å². The summed E-state index contributed by atoms with van der Waals surface area (Å²) in [6.07, 6.45) is -12.6. The van der Waals surface area contributed by atoms with Gasteiger partial charge in [-0.1, -0.05) is 12.1 Å². The first-order valence-corrected chi connectivity index (χ1v) is 13.0. The summed E-state index contributed by atoms with van der Waals surface area (Å²) in [5.74, 6) is -7.46. The minimum absolute atomic E-state index is 0.0543. The van der Waals surface area contributed by atoms with Crippen molar-refractivity contribution in [1.82, 2.24) is 15.1 Å². The first-order valence-electron chi connectivity index (χ1n) is 13.0. The lowest BCUT2D eigenvalue weighted by Gasteiger charge is -2.48. The second-order valence-corrected chi connectivity index (χ2v) is 10.7. The Morgan fingerprint density at radius 2 is 1.62 bits per heavy atom. The fourth-order valence-electron chi connectivity index (χ4n) is 6.09. The molecule has 0 radical (unpaired) electrons. The first kappa shape index (κ1) is 30.1. The number of aliphatic imine (C=N–C) groups is 2. The molecule has 13 nitrogen and oxygen atoms in total. The van der Waals surface area contributed by atoms with Gasteiger partial charge in [-0.25, -0.2) is 14.8 Å². The van der Waals surface area contributed by atoms with Gasteiger partial charge in [0.2, 0.25) is 5.79 Å². The van der Waals surface area contributed by atoms with Crippen LogP contribution < -0.4 is 16.8 Å². The Kier molecular flexibility index (Phi) is 6.39. The largest absolute Gasteiger partial charge is 0.451 e. The number of carbonyl (C=O) groups is 3. The highest BCUT2D eigenvalue weighted by Gasteiger charge is 2.74. The van der Waals surface area contributed by atoms with Crippen LogP contribution in [0, 0.1) is 0 Å². The number of nitrogens with one attached hydrogen (secondary N) is 1. The molecule has 6 rings (SSSR count). The van der Waals surface area contributed by atoms with E-state index >= 15 is 0 Å². The lowest BCUT2D eigenvalue weighted by atomic mass is 9.85. The molecule has 0 aromatic heterocycles. The minimum Gasteiger partial charge on any atom is -0.451 e. The smallest absolute Gasteiger partial charge is 0.417 e. The number of hydrogen-bond acceptors (Lipinski definition) is 12. The number of carbonyl (C=O) groups excluding carboxylic acids is 3. The molecule has 4 heterocycles. The Morgan fingerprint density at radius 3 is 2.20 bits per heavy atom. The van der Waals surface area contributed by atoms with Crippen molar-refractivity contribution in [3.05, 3.63) is 70.3 Å². The molecular formula is C26H21F6N7O6. The molecule has 2 amide bonds. The maximum absolute atomic E-state index is 13.6. The maximum atomic E-state index is 13.6. The summed E-state index contributed by atoms with van der Waals surface area (Å²) in [6, 6.07) is 3.36. The van der Waals surface area contributed by atoms with Gasteiger partial charge in [-0.05, 0) is 30.3 Å². The Hall–Kier alpha value is -4.91. The topological polar surface area (TPSA) is 196 Å². The molecule has 238 valence electrons. The van der Waals surface area contributed by atoms with Crippen molar-refractivity contribution < 1.29 is 55.7 Å². The van der Waals surface area contributed by atoms with Gasteiger partial charge < -0.3 is 36.6 Å². The summed E-state index contributed by atoms with van der Waals surface area (Å²) >= 11 is 0. The van der Waals surface area contributed by atoms with E-state index in [0.717, 1.165) is 9.80 Å². The van der Waals surface area contributed by atoms with E-state index in [0.29, 0.717) is 0 Å². The zero-order chi connectivity index (χ0) is 32.9. The number of fused-ring (bicyclic) bond motifs is 1. The molecule has 0 saturated carbocycles. The number of nitrogens with zero attached hydrogens (tertiary/aromatic N) is 4. The molecule has 4 atom stereocenters. The van der Waals surface area contributed by atoms with Crippen molar-refractivity contribution in [3.63, 3.8) is 0 Å². The van der Waals surface area contributed by atoms with Crippen LogP contribution >= 0.6 is 0 Å². The van der Waals surface area contributed by atoms with Crippen LogP contribution in [-0.4, -0.2) is 92.4 Å². The van der Waals surface area contributed by atoms with E-state index < -0.39 is 101 Å². The normalized spacial score (nSPS) is 27.0. The molecule has 4 aliphatic heterocycles. The van der Waals surface area contributed by atoms with Crippen LogP contribution in [0.15, 0.2) is 52.4 Å². The van der Waals surface area contributed by atoms with Gasteiger partial charge in [0.1, 0.15) is 6.04 Å². The molecule has 4 aliphatic rings. The quantitative estimate of drug-likeness (QED) is 0.133. The number of hydrogen-bond donors (Lipinski definition) is 5. The lowest BCUT2D eigenvalue weighted by molar-refractivity contribution is -0.256. The third-order valence-corrected chi connectivity index (χ3v) is 8.12. The number of guanidine groups is 2. The van der Waals surface area contributed by atoms with E-state index in [2.05, 4.69) is 15.3 Å². The summed E-state index contributed by atoms with van der Waals surface area (Å²) in [5.41, 5.74) is 5.04. The molecule has 1 spiro atoms. The molecular weight excluding hydrogens is 620 g/mol. The average Bonchev–Trinajstić information content (AvgIpc) is 3.51. The number of benzene rings is 2. The molecule has 1 fully saturated rings. The van der Waals surface area contributed by atoms with Gasteiger partial charge in [0.25, 0.3) is 11.8 Å². The zero-order valence-corrected chi connectivity index (χ0v) is 22.4. The fraction of sp³-hybridized carbons (Fsp3) is 0.346. The molecule has 2 aromatic carbocycles. The van der Waals surface area contributed by atoms with Gasteiger partial charge in [0.05, 0.1) is 46.9 Å². The Morgan fingerprint density at radius 1 is 1.00 bits per heavy atom. The van der Waals surface area contributed by atoms with Gasteiger partial charge in [-0.2, -0.15) is 26.3 Å². The highest BCUT2D eigenvalue weighted by Crippen LogP contribution is 2.46. The van der Waals surface area contributed by atoms with Crippen LogP contribution in [0.5, 0.6) is 0 Å². The highest BCUT2D eigenvalue weighted by atomic mass is 19.4. The number of aliphatic hydroxyl groups is 2. The van der Waals surface area contributed by atoms with E-state index in [1.54, 1.807) is 12.1 Å². The summed E-state index contributed by atoms with van der Waals surface area (Å²) in [5, 5.41) is 25.5. The number of amides is 2. The fourth-order valence-corrected chi connectivity index (χ4v) is 6.09. The molecule has 19 heteroatoms. The number of alkyl halides is 6. The Bertz CT molecular complexity index is 1670. The zero-order valence-electron chi connectivity index (χ0n) is 22.4. The Labute approximate surface area is 247 Å². The van der Waals surface area contributed by atoms with E-state index in [9.17, 15) is 50.9 Å². The van der Waals surface area contributed by atoms with Crippen LogP contribution in [-0.2, 0) is 17.1 Å². The van der Waals surface area contributed by atoms with E-state index in [4.69, 9.17) is 16.2 Å². The number of ether oxygens (including phenoxy) is 1. The van der Waals surface area contributed by atoms with Crippen LogP contribution in [0.1, 0.15) is 42.2 Å². The molecule has 45 heavy (non-hydrogen) atoms. The second-order valence-electron chi connectivity index (χ2n) is 10.7. The molecule has 1 saturated heterocycles. The number of rotatable bonds is 4. The standard InChI is InChI=1S/C26H21F6N7O6/c27-25(28,29)10-5-6-14(26(30,31)32)13(7-10)20(42)45-16-9-39-22(34)35-15(17-23(39,24(16,43)44)37-21(33)36-17)8-38-18(40)11-3-1-2-4-12(11)19(38)41/h1-7,15-17,43-44H,8-9H2,(H2,34,35)(H3,33,36,37)/t15-,16-,17-,23-/m0/s1. The van der Waals surface area contributed by atoms with Crippen LogP contribution in [0.2, 0.25) is 0 Å². The predicted octanol–water partition coefficient (Wildman–Crippen LogP) is 0.222. The van der Waals surface area contributed by atoms with Crippen LogP contribution in [0.25, 0.3) is 0 Å². The Balaban J connectivity index is 1.33. The number of esters is 1. The molecule has 0 bridgehead atoms. The van der Waals surface area contributed by atoms with Crippen molar-refractivity contribution in [3.8, 4) is 0 Å². The van der Waals surface area contributed by atoms with Crippen molar-refractivity contribution in [2.24, 2.45) is 21.5 Å². The third kappa shape index (κ3) is 4.36. The van der Waals surface area contributed by atoms with E-state index in [-0.39, 0.29) is 29.3 Å². The third-order valence-electron chi connectivity index (χ3n) is 8.12. The summed E-state index contributed by atoms with van der Waals surface area (Å²) in [6.45, 7) is -1.23. The number of halogens is 6. The highest BCUT2D eigenvalue weighted by molar-refractivity contribution is 6.21. The SMILES string of the molecule is NC1=N[C@H]2[C@H](CN3C(=O)c4ccccc4C3=O)N=C(N)N3C[C@H](OC(=O)c4cc(C(F)(F)F)ccc4C(F)(F)F)C(O)(O)[C@]23N1. The van der Waals surface area contributed by atoms with Crippen molar-refractivity contribution in [2.45, 2.75) is 42.0 Å². The van der Waals surface area contributed by atoms with E-state index in [1.807, 2.05) is 0 Å². The minimum atomic E-state index is -5.28. The van der Waals surface area contributed by atoms with Crippen molar-refractivity contribution >= 4 is 29.7 Å². The number of imide groups is 1. The molecule has 7 N–H and O–H groups in total. The second kappa shape index (κ2) is 9.54. The van der Waals surface area contributed by atoms with Crippen molar-refractivity contribution in [2.75, 3.05) is 13.1 Å². The van der Waals surface area contributed by atoms with Gasteiger partial charge in [0.15, 0.2) is 23.7 Å². The molecule has 2 aromatic rings. The maximum Gasteiger partial charge on any atom is 0.417 e. The predicted molar refractivity (Wildman–Crippen MR) is 138 cm³/mol. The van der Waals surface area contributed by atoms with Crippen LogP contribution in [0.4, 0.5) is 26.3 Å². The van der Waals surface area contributed by atoms with E-state index in [1.165, 1.54) is 12.1 Å². The first-order chi connectivity index (χ1) is 20.9. The summed E-state index contributed by atoms with van der Waals surface area (Å²) in [7, 11) is 0. The van der Waals surface area contributed by atoms with Crippen molar-refractivity contribution in [1.29, 1.82) is 0 Å². The summed E-state index contributed by atoms with van der Waals surface area (Å²) in [4.78, 5) is 49.2. The average molecular weight is 641 g/mol. The van der Waals surface area contributed by atoms with Gasteiger partial charge in [-0.15, -0.1) is 0 Å². The molecule has 0 aliphatic carbocycles. The van der Waals surface area contributed by atoms with Gasteiger partial charge in [0, 0.05) is 0 Å². The van der Waals surface area contributed by atoms with Crippen LogP contribution in [0.3, 0.4) is 0 Å². The molecule has 0 unspecified atom stereocenters. The number of nitrogens with two attached hydrogens (primary N) is 2. The lowest BCUT2D eigenvalue weighted by Crippen LogP contribution is -2.77. The monoisotopic (exact) mass is 641 g/mol. The van der Waals surface area contributed by atoms with Gasteiger partial charge in [-0.3, -0.25) is 14.5 Å².